The summed E-state index contributed by atoms with van der Waals surface area (Å²) < 4.78 is 18.7. The fourth-order valence-electron chi connectivity index (χ4n) is 4.60. The lowest BCUT2D eigenvalue weighted by molar-refractivity contribution is -0.121. The minimum Gasteiger partial charge on any atom is -0.496 e. The number of aryl methyl sites for hydroxylation is 2. The molecule has 1 N–H and O–H groups in total. The summed E-state index contributed by atoms with van der Waals surface area (Å²) in [4.78, 5) is 17.4. The first-order chi connectivity index (χ1) is 18.4. The molecule has 8 nitrogen and oxygen atoms in total. The highest BCUT2D eigenvalue weighted by Crippen LogP contribution is 2.30. The van der Waals surface area contributed by atoms with E-state index in [1.807, 2.05) is 80.7 Å². The van der Waals surface area contributed by atoms with Crippen LogP contribution in [0.4, 0.5) is 0 Å². The third kappa shape index (κ3) is 6.07. The van der Waals surface area contributed by atoms with Crippen molar-refractivity contribution in [1.82, 2.24) is 19.9 Å². The number of carbonyl (C=O) groups excluding carboxylic acids is 1. The molecule has 38 heavy (non-hydrogen) atoms. The van der Waals surface area contributed by atoms with E-state index in [1.165, 1.54) is 0 Å². The quantitative estimate of drug-likeness (QED) is 0.282. The van der Waals surface area contributed by atoms with Gasteiger partial charge in [0.2, 0.25) is 5.91 Å². The number of hydrogen-bond acceptors (Lipinski definition) is 6. The average Bonchev–Trinajstić information content (AvgIpc) is 3.34. The normalized spacial score (nSPS) is 11.0. The number of nitrogens with one attached hydrogen (secondary N) is 1. The van der Waals surface area contributed by atoms with Crippen molar-refractivity contribution in [3.05, 3.63) is 71.0 Å². The molecule has 8 heteroatoms. The monoisotopic (exact) mass is 516 g/mol. The maximum atomic E-state index is 12.6. The zero-order valence-corrected chi connectivity index (χ0v) is 22.8. The molecule has 0 radical (unpaired) electrons. The van der Waals surface area contributed by atoms with Crippen LogP contribution in [-0.2, 0) is 17.6 Å². The topological polar surface area (TPSA) is 87.0 Å². The highest BCUT2D eigenvalue weighted by atomic mass is 16.5. The molecular weight excluding hydrogens is 480 g/mol. The van der Waals surface area contributed by atoms with Crippen LogP contribution in [0.2, 0.25) is 0 Å². The maximum absolute atomic E-state index is 12.6. The molecular formula is C30H36N4O4. The number of fused-ring (bicyclic) bond motifs is 1. The second kappa shape index (κ2) is 12.4. The minimum absolute atomic E-state index is 0.00930. The van der Waals surface area contributed by atoms with Crippen LogP contribution < -0.4 is 19.5 Å². The molecule has 4 rings (SSSR count). The van der Waals surface area contributed by atoms with Gasteiger partial charge in [0.15, 0.2) is 17.1 Å². The molecule has 2 aromatic carbocycles. The number of ether oxygens (including phenoxy) is 3. The Hall–Kier alpha value is -4.07. The fraction of sp³-hybridized carbons (Fsp3) is 0.367. The van der Waals surface area contributed by atoms with Crippen molar-refractivity contribution in [2.45, 2.75) is 47.0 Å². The van der Waals surface area contributed by atoms with Gasteiger partial charge >= 0.3 is 0 Å². The number of rotatable bonds is 12. The van der Waals surface area contributed by atoms with Crippen molar-refractivity contribution in [1.29, 1.82) is 0 Å². The highest BCUT2D eigenvalue weighted by Gasteiger charge is 2.16. The number of aromatic nitrogens is 3. The molecule has 0 bridgehead atoms. The lowest BCUT2D eigenvalue weighted by atomic mass is 10.1. The molecule has 0 aliphatic heterocycles. The maximum Gasteiger partial charge on any atom is 0.220 e. The SMILES string of the molecule is CCOc1ccc(CCNC(=O)CCc2c(C)nc3cc(-c4ccccc4OC)nn3c2C)cc1OCC. The van der Waals surface area contributed by atoms with Gasteiger partial charge in [0.25, 0.3) is 0 Å². The Labute approximate surface area is 224 Å². The van der Waals surface area contributed by atoms with Crippen molar-refractivity contribution in [2.24, 2.45) is 0 Å². The van der Waals surface area contributed by atoms with Crippen molar-refractivity contribution in [2.75, 3.05) is 26.9 Å². The fourth-order valence-corrected chi connectivity index (χ4v) is 4.60. The Morgan fingerprint density at radius 2 is 1.71 bits per heavy atom. The first-order valence-electron chi connectivity index (χ1n) is 13.1. The summed E-state index contributed by atoms with van der Waals surface area (Å²) in [5.41, 5.74) is 6.51. The van der Waals surface area contributed by atoms with Gasteiger partial charge in [-0.1, -0.05) is 18.2 Å². The molecule has 0 unspecified atom stereocenters. The molecule has 0 aliphatic rings. The van der Waals surface area contributed by atoms with E-state index in [1.54, 1.807) is 7.11 Å². The number of carbonyl (C=O) groups is 1. The van der Waals surface area contributed by atoms with Crippen molar-refractivity contribution in [3.63, 3.8) is 0 Å². The number of methoxy groups -OCH3 is 1. The molecule has 0 saturated heterocycles. The average molecular weight is 517 g/mol. The minimum atomic E-state index is 0.00930. The Morgan fingerprint density at radius 1 is 0.947 bits per heavy atom. The lowest BCUT2D eigenvalue weighted by Gasteiger charge is -2.13. The molecule has 0 saturated carbocycles. The van der Waals surface area contributed by atoms with Crippen LogP contribution in [-0.4, -0.2) is 47.4 Å². The number of nitrogens with zero attached hydrogens (tertiary/aromatic N) is 3. The Bertz CT molecular complexity index is 1410. The lowest BCUT2D eigenvalue weighted by Crippen LogP contribution is -2.26. The van der Waals surface area contributed by atoms with Gasteiger partial charge in [-0.15, -0.1) is 0 Å². The van der Waals surface area contributed by atoms with E-state index < -0.39 is 0 Å². The molecule has 200 valence electrons. The molecule has 0 atom stereocenters. The van der Waals surface area contributed by atoms with Gasteiger partial charge in [0.1, 0.15) is 5.75 Å². The predicted molar refractivity (Wildman–Crippen MR) is 148 cm³/mol. The summed E-state index contributed by atoms with van der Waals surface area (Å²) in [5, 5.41) is 7.83. The number of para-hydroxylation sites is 1. The summed E-state index contributed by atoms with van der Waals surface area (Å²) in [6.07, 6.45) is 1.68. The van der Waals surface area contributed by atoms with Gasteiger partial charge in [-0.3, -0.25) is 4.79 Å². The van der Waals surface area contributed by atoms with Crippen LogP contribution in [0.1, 0.15) is 42.8 Å². The van der Waals surface area contributed by atoms with Crippen LogP contribution in [0.3, 0.4) is 0 Å². The summed E-state index contributed by atoms with van der Waals surface area (Å²) >= 11 is 0. The number of amides is 1. The molecule has 2 aromatic heterocycles. The number of hydrogen-bond donors (Lipinski definition) is 1. The van der Waals surface area contributed by atoms with Gasteiger partial charge in [0, 0.05) is 36.0 Å². The molecule has 0 fully saturated rings. The van der Waals surface area contributed by atoms with Crippen LogP contribution >= 0.6 is 0 Å². The van der Waals surface area contributed by atoms with Gasteiger partial charge in [0.05, 0.1) is 26.0 Å². The summed E-state index contributed by atoms with van der Waals surface area (Å²) in [6.45, 7) is 9.61. The molecule has 2 heterocycles. The van der Waals surface area contributed by atoms with Crippen LogP contribution in [0.15, 0.2) is 48.5 Å². The summed E-state index contributed by atoms with van der Waals surface area (Å²) in [6, 6.07) is 15.7. The standard InChI is InChI=1S/C30H36N4O4/c1-6-37-27-14-12-22(18-28(27)38-7-2)16-17-31-30(35)15-13-23-20(3)32-29-19-25(33-34(29)21(23)4)24-10-8-9-11-26(24)36-5/h8-12,14,18-19H,6-7,13,15-17H2,1-5H3,(H,31,35). The van der Waals surface area contributed by atoms with E-state index in [0.29, 0.717) is 39.0 Å². The zero-order chi connectivity index (χ0) is 27.1. The van der Waals surface area contributed by atoms with E-state index in [0.717, 1.165) is 56.7 Å². The van der Waals surface area contributed by atoms with Crippen LogP contribution in [0.5, 0.6) is 17.2 Å². The van der Waals surface area contributed by atoms with Crippen molar-refractivity contribution < 1.29 is 19.0 Å². The molecule has 4 aromatic rings. The first-order valence-corrected chi connectivity index (χ1v) is 13.1. The van der Waals surface area contributed by atoms with E-state index in [9.17, 15) is 4.79 Å². The molecule has 0 spiro atoms. The highest BCUT2D eigenvalue weighted by molar-refractivity contribution is 5.76. The Kier molecular flexibility index (Phi) is 8.84. The van der Waals surface area contributed by atoms with E-state index in [4.69, 9.17) is 24.3 Å². The van der Waals surface area contributed by atoms with E-state index in [2.05, 4.69) is 5.32 Å². The smallest absolute Gasteiger partial charge is 0.220 e. The van der Waals surface area contributed by atoms with Gasteiger partial charge < -0.3 is 19.5 Å². The second-order valence-electron chi connectivity index (χ2n) is 9.01. The predicted octanol–water partition coefficient (Wildman–Crippen LogP) is 5.11. The van der Waals surface area contributed by atoms with Crippen LogP contribution in [0, 0.1) is 13.8 Å². The molecule has 0 aliphatic carbocycles. The Balaban J connectivity index is 1.39. The zero-order valence-electron chi connectivity index (χ0n) is 22.8. The van der Waals surface area contributed by atoms with Gasteiger partial charge in [-0.25, -0.2) is 9.50 Å². The molecule has 1 amide bonds. The van der Waals surface area contributed by atoms with Crippen LogP contribution in [0.25, 0.3) is 16.9 Å². The number of benzene rings is 2. The van der Waals surface area contributed by atoms with E-state index in [-0.39, 0.29) is 5.91 Å². The van der Waals surface area contributed by atoms with Gasteiger partial charge in [-0.05, 0) is 75.9 Å². The Morgan fingerprint density at radius 3 is 2.47 bits per heavy atom. The third-order valence-electron chi connectivity index (χ3n) is 6.49. The summed E-state index contributed by atoms with van der Waals surface area (Å²) in [7, 11) is 1.65. The largest absolute Gasteiger partial charge is 0.496 e. The first kappa shape index (κ1) is 27.0. The second-order valence-corrected chi connectivity index (χ2v) is 9.01. The van der Waals surface area contributed by atoms with E-state index >= 15 is 0 Å². The third-order valence-corrected chi connectivity index (χ3v) is 6.49. The van der Waals surface area contributed by atoms with Crippen molar-refractivity contribution >= 4 is 11.6 Å². The summed E-state index contributed by atoms with van der Waals surface area (Å²) in [5.74, 6) is 2.25. The van der Waals surface area contributed by atoms with Crippen molar-refractivity contribution in [3.8, 4) is 28.5 Å². The van der Waals surface area contributed by atoms with Gasteiger partial charge in [-0.2, -0.15) is 5.10 Å².